The first-order valence-corrected chi connectivity index (χ1v) is 3.23. The van der Waals surface area contributed by atoms with Crippen molar-refractivity contribution in [1.82, 2.24) is 4.98 Å². The molecule has 66 valence electrons. The van der Waals surface area contributed by atoms with Crippen LogP contribution >= 0.6 is 0 Å². The Bertz CT molecular complexity index is 346. The predicted octanol–water partition coefficient (Wildman–Crippen LogP) is 1.33. The second-order valence-electron chi connectivity index (χ2n) is 2.34. The summed E-state index contributed by atoms with van der Waals surface area (Å²) in [5.41, 5.74) is -1.35. The molecule has 5 heteroatoms. The lowest BCUT2D eigenvalue weighted by Gasteiger charge is -2.03. The number of hydrogen-bond acceptors (Lipinski definition) is 2. The van der Waals surface area contributed by atoms with Crippen LogP contribution in [0.2, 0.25) is 0 Å². The highest BCUT2D eigenvalue weighted by Crippen LogP contribution is 2.18. The van der Waals surface area contributed by atoms with E-state index in [1.54, 1.807) is 0 Å². The van der Waals surface area contributed by atoms with E-state index in [9.17, 15) is 13.6 Å². The summed E-state index contributed by atoms with van der Waals surface area (Å²) in [6, 6.07) is 0. The van der Waals surface area contributed by atoms with Gasteiger partial charge in [-0.15, -0.1) is 0 Å². The minimum Gasteiger partial charge on any atom is -0.503 e. The molecule has 0 amide bonds. The molecule has 1 heterocycles. The molecule has 0 fully saturated rings. The van der Waals surface area contributed by atoms with Crippen LogP contribution in [0.5, 0.6) is 5.75 Å². The van der Waals surface area contributed by atoms with Crippen LogP contribution in [0.25, 0.3) is 0 Å². The van der Waals surface area contributed by atoms with E-state index >= 15 is 0 Å². The van der Waals surface area contributed by atoms with E-state index in [4.69, 9.17) is 5.11 Å². The monoisotopic (exact) mass is 175 g/mol. The Kier molecular flexibility index (Phi) is 2.12. The number of aromatic hydroxyl groups is 1. The molecular formula is C7H7F2NO2. The molecule has 1 aromatic rings. The first-order chi connectivity index (χ1) is 5.54. The number of halogens is 2. The smallest absolute Gasteiger partial charge is 0.278 e. The van der Waals surface area contributed by atoms with Crippen LogP contribution in [0.15, 0.2) is 11.0 Å². The molecule has 0 saturated heterocycles. The molecule has 3 nitrogen and oxygen atoms in total. The Morgan fingerprint density at radius 1 is 1.58 bits per heavy atom. The number of aromatic amines is 1. The van der Waals surface area contributed by atoms with E-state index in [0.29, 0.717) is 0 Å². The highest BCUT2D eigenvalue weighted by molar-refractivity contribution is 5.27. The van der Waals surface area contributed by atoms with Crippen molar-refractivity contribution >= 4 is 0 Å². The number of alkyl halides is 2. The van der Waals surface area contributed by atoms with Crippen LogP contribution in [0.3, 0.4) is 0 Å². The van der Waals surface area contributed by atoms with Crippen LogP contribution in [0.4, 0.5) is 8.78 Å². The van der Waals surface area contributed by atoms with Crippen LogP contribution in [0, 0.1) is 6.92 Å². The first-order valence-electron chi connectivity index (χ1n) is 3.23. The maximum atomic E-state index is 12.1. The van der Waals surface area contributed by atoms with Crippen molar-refractivity contribution < 1.29 is 13.9 Å². The van der Waals surface area contributed by atoms with Crippen LogP contribution in [-0.2, 0) is 0 Å². The fourth-order valence-corrected chi connectivity index (χ4v) is 0.861. The lowest BCUT2D eigenvalue weighted by molar-refractivity contribution is 0.145. The van der Waals surface area contributed by atoms with Gasteiger partial charge in [-0.3, -0.25) is 4.79 Å². The summed E-state index contributed by atoms with van der Waals surface area (Å²) in [6.07, 6.45) is -1.87. The average molecular weight is 175 g/mol. The quantitative estimate of drug-likeness (QED) is 0.676. The summed E-state index contributed by atoms with van der Waals surface area (Å²) < 4.78 is 24.2. The number of H-pyrrole nitrogens is 1. The molecule has 2 N–H and O–H groups in total. The van der Waals surface area contributed by atoms with Gasteiger partial charge in [0.15, 0.2) is 5.75 Å². The SMILES string of the molecule is Cc1c(C(F)F)[nH]cc(O)c1=O. The van der Waals surface area contributed by atoms with Gasteiger partial charge in [0.25, 0.3) is 6.43 Å². The zero-order chi connectivity index (χ0) is 9.30. The maximum Gasteiger partial charge on any atom is 0.278 e. The maximum absolute atomic E-state index is 12.1. The third kappa shape index (κ3) is 1.30. The molecule has 0 radical (unpaired) electrons. The van der Waals surface area contributed by atoms with Gasteiger partial charge in [-0.1, -0.05) is 0 Å². The molecule has 0 aliphatic rings. The highest BCUT2D eigenvalue weighted by atomic mass is 19.3. The van der Waals surface area contributed by atoms with E-state index in [1.807, 2.05) is 0 Å². The number of hydrogen-bond donors (Lipinski definition) is 2. The molecule has 0 unspecified atom stereocenters. The zero-order valence-electron chi connectivity index (χ0n) is 6.27. The van der Waals surface area contributed by atoms with Gasteiger partial charge in [0.05, 0.1) is 5.69 Å². The molecule has 0 atom stereocenters. The van der Waals surface area contributed by atoms with Gasteiger partial charge < -0.3 is 10.1 Å². The fraction of sp³-hybridized carbons (Fsp3) is 0.286. The van der Waals surface area contributed by atoms with Crippen molar-refractivity contribution in [3.8, 4) is 5.75 Å². The molecule has 0 aliphatic heterocycles. The summed E-state index contributed by atoms with van der Waals surface area (Å²) in [5, 5.41) is 8.82. The lowest BCUT2D eigenvalue weighted by Crippen LogP contribution is -2.10. The van der Waals surface area contributed by atoms with Crippen molar-refractivity contribution in [2.45, 2.75) is 13.3 Å². The normalized spacial score (nSPS) is 10.7. The van der Waals surface area contributed by atoms with Crippen molar-refractivity contribution in [3.05, 3.63) is 27.7 Å². The zero-order valence-corrected chi connectivity index (χ0v) is 6.27. The standard InChI is InChI=1S/C7H7F2NO2/c1-3-5(7(8)9)10-2-4(11)6(3)12/h2,7,11H,1H3,(H,10,12). The third-order valence-corrected chi connectivity index (χ3v) is 1.56. The lowest BCUT2D eigenvalue weighted by atomic mass is 10.2. The number of aromatic nitrogens is 1. The van der Waals surface area contributed by atoms with Crippen molar-refractivity contribution in [3.63, 3.8) is 0 Å². The summed E-state index contributed by atoms with van der Waals surface area (Å²) >= 11 is 0. The van der Waals surface area contributed by atoms with E-state index in [-0.39, 0.29) is 5.56 Å². The molecule has 0 aromatic carbocycles. The Morgan fingerprint density at radius 3 is 2.67 bits per heavy atom. The number of pyridine rings is 1. The highest BCUT2D eigenvalue weighted by Gasteiger charge is 2.14. The van der Waals surface area contributed by atoms with Gasteiger partial charge in [-0.25, -0.2) is 8.78 Å². The predicted molar refractivity (Wildman–Crippen MR) is 38.4 cm³/mol. The topological polar surface area (TPSA) is 53.1 Å². The Labute approximate surface area is 66.7 Å². The molecule has 1 rings (SSSR count). The van der Waals surface area contributed by atoms with Gasteiger partial charge in [0.2, 0.25) is 5.43 Å². The molecular weight excluding hydrogens is 168 g/mol. The first kappa shape index (κ1) is 8.70. The number of rotatable bonds is 1. The third-order valence-electron chi connectivity index (χ3n) is 1.56. The summed E-state index contributed by atoms with van der Waals surface area (Å²) in [6.45, 7) is 1.24. The Morgan fingerprint density at radius 2 is 2.17 bits per heavy atom. The van der Waals surface area contributed by atoms with Crippen LogP contribution in [0.1, 0.15) is 17.7 Å². The van der Waals surface area contributed by atoms with Crippen molar-refractivity contribution in [2.75, 3.05) is 0 Å². The molecule has 0 aliphatic carbocycles. The van der Waals surface area contributed by atoms with Gasteiger partial charge in [0, 0.05) is 11.8 Å². The van der Waals surface area contributed by atoms with Gasteiger partial charge in [-0.05, 0) is 6.92 Å². The van der Waals surface area contributed by atoms with Gasteiger partial charge >= 0.3 is 0 Å². The Hall–Kier alpha value is -1.39. The summed E-state index contributed by atoms with van der Waals surface area (Å²) in [4.78, 5) is 13.0. The second-order valence-corrected chi connectivity index (χ2v) is 2.34. The number of nitrogens with one attached hydrogen (secondary N) is 1. The largest absolute Gasteiger partial charge is 0.503 e. The molecule has 1 aromatic heterocycles. The van der Waals surface area contributed by atoms with Crippen LogP contribution < -0.4 is 5.43 Å². The van der Waals surface area contributed by atoms with E-state index in [2.05, 4.69) is 4.98 Å². The Balaban J connectivity index is 3.37. The summed E-state index contributed by atoms with van der Waals surface area (Å²) in [5.74, 6) is -0.545. The van der Waals surface area contributed by atoms with Crippen LogP contribution in [-0.4, -0.2) is 10.1 Å². The minimum absolute atomic E-state index is 0.148. The summed E-state index contributed by atoms with van der Waals surface area (Å²) in [7, 11) is 0. The fourth-order valence-electron chi connectivity index (χ4n) is 0.861. The molecule has 0 bridgehead atoms. The van der Waals surface area contributed by atoms with E-state index in [1.165, 1.54) is 6.92 Å². The van der Waals surface area contributed by atoms with Gasteiger partial charge in [0.1, 0.15) is 0 Å². The molecule has 0 saturated carbocycles. The van der Waals surface area contributed by atoms with E-state index < -0.39 is 23.3 Å². The minimum atomic E-state index is -2.72. The van der Waals surface area contributed by atoms with Crippen molar-refractivity contribution in [2.24, 2.45) is 0 Å². The van der Waals surface area contributed by atoms with E-state index in [0.717, 1.165) is 6.20 Å². The van der Waals surface area contributed by atoms with Crippen molar-refractivity contribution in [1.29, 1.82) is 0 Å². The van der Waals surface area contributed by atoms with Gasteiger partial charge in [-0.2, -0.15) is 0 Å². The second kappa shape index (κ2) is 2.92. The average Bonchev–Trinajstić information content (AvgIpc) is 2.00. The molecule has 12 heavy (non-hydrogen) atoms. The molecule has 0 spiro atoms.